The Bertz CT molecular complexity index is 1050. The highest BCUT2D eigenvalue weighted by atomic mass is 19.4. The summed E-state index contributed by atoms with van der Waals surface area (Å²) in [7, 11) is 0. The van der Waals surface area contributed by atoms with E-state index in [0.717, 1.165) is 29.3 Å². The second-order valence-corrected chi connectivity index (χ2v) is 8.81. The first-order valence-electron chi connectivity index (χ1n) is 10.3. The molecule has 34 heavy (non-hydrogen) atoms. The van der Waals surface area contributed by atoms with E-state index in [9.17, 15) is 31.5 Å². The predicted octanol–water partition coefficient (Wildman–Crippen LogP) is 4.27. The standard InChI is InChI=1S/C22H23F5N4O3/c1-21(2,3)34-20(33)31-11-14(23)8-16(31)19(32)29-9-12-6-15(30-18(24)7-12)13-4-5-17(28-10-13)22(25,26)27/h4-7,10,14,16H,8-9,11H2,1-3H3,(H,29,32). The molecule has 184 valence electrons. The fourth-order valence-electron chi connectivity index (χ4n) is 3.38. The van der Waals surface area contributed by atoms with Crippen molar-refractivity contribution in [2.45, 2.75) is 57.7 Å². The van der Waals surface area contributed by atoms with E-state index in [1.807, 2.05) is 0 Å². The Labute approximate surface area is 192 Å². The van der Waals surface area contributed by atoms with E-state index in [0.29, 0.717) is 0 Å². The molecule has 0 bridgehead atoms. The lowest BCUT2D eigenvalue weighted by atomic mass is 10.1. The van der Waals surface area contributed by atoms with E-state index >= 15 is 0 Å². The third-order valence-corrected chi connectivity index (χ3v) is 4.85. The van der Waals surface area contributed by atoms with Crippen LogP contribution < -0.4 is 5.32 Å². The molecule has 2 amide bonds. The minimum Gasteiger partial charge on any atom is -0.444 e. The first kappa shape index (κ1) is 25.3. The predicted molar refractivity (Wildman–Crippen MR) is 111 cm³/mol. The maximum atomic E-state index is 14.0. The van der Waals surface area contributed by atoms with Gasteiger partial charge in [-0.05, 0) is 50.6 Å². The zero-order valence-corrected chi connectivity index (χ0v) is 18.6. The number of hydrogen-bond acceptors (Lipinski definition) is 5. The number of alkyl halides is 4. The molecule has 1 saturated heterocycles. The van der Waals surface area contributed by atoms with Gasteiger partial charge in [-0.1, -0.05) is 0 Å². The number of hydrogen-bond donors (Lipinski definition) is 1. The van der Waals surface area contributed by atoms with Gasteiger partial charge in [-0.3, -0.25) is 14.7 Å². The Morgan fingerprint density at radius 3 is 2.50 bits per heavy atom. The van der Waals surface area contributed by atoms with E-state index in [1.165, 1.54) is 6.07 Å². The molecule has 12 heteroatoms. The molecular formula is C22H23F5N4O3. The molecule has 3 rings (SSSR count). The van der Waals surface area contributed by atoms with Gasteiger partial charge in [0.1, 0.15) is 23.5 Å². The Hall–Kier alpha value is -3.31. The highest BCUT2D eigenvalue weighted by Crippen LogP contribution is 2.29. The summed E-state index contributed by atoms with van der Waals surface area (Å²) >= 11 is 0. The molecule has 0 radical (unpaired) electrons. The summed E-state index contributed by atoms with van der Waals surface area (Å²) in [5, 5.41) is 2.53. The molecule has 2 unspecified atom stereocenters. The van der Waals surface area contributed by atoms with E-state index in [4.69, 9.17) is 4.74 Å². The molecule has 3 heterocycles. The molecule has 0 saturated carbocycles. The fraction of sp³-hybridized carbons (Fsp3) is 0.455. The van der Waals surface area contributed by atoms with Crippen molar-refractivity contribution in [3.05, 3.63) is 47.7 Å². The third kappa shape index (κ3) is 6.39. The molecule has 7 nitrogen and oxygen atoms in total. The minimum absolute atomic E-state index is 0.0190. The van der Waals surface area contributed by atoms with E-state index < -0.39 is 47.6 Å². The minimum atomic E-state index is -4.62. The summed E-state index contributed by atoms with van der Waals surface area (Å²) in [6.07, 6.45) is -6.13. The van der Waals surface area contributed by atoms with E-state index in [1.54, 1.807) is 20.8 Å². The van der Waals surface area contributed by atoms with Crippen molar-refractivity contribution in [1.29, 1.82) is 0 Å². The topological polar surface area (TPSA) is 84.4 Å². The summed E-state index contributed by atoms with van der Waals surface area (Å²) in [6, 6.07) is 3.18. The zero-order chi connectivity index (χ0) is 25.3. The normalized spacial score (nSPS) is 18.6. The molecule has 2 atom stereocenters. The molecule has 1 aliphatic rings. The molecule has 1 aliphatic heterocycles. The second-order valence-electron chi connectivity index (χ2n) is 8.81. The highest BCUT2D eigenvalue weighted by Gasteiger charge is 2.41. The van der Waals surface area contributed by atoms with Gasteiger partial charge in [-0.15, -0.1) is 0 Å². The van der Waals surface area contributed by atoms with Gasteiger partial charge in [0.25, 0.3) is 0 Å². The van der Waals surface area contributed by atoms with E-state index in [2.05, 4.69) is 15.3 Å². The second kappa shape index (κ2) is 9.51. The van der Waals surface area contributed by atoms with Crippen LogP contribution in [0.4, 0.5) is 26.7 Å². The van der Waals surface area contributed by atoms with Crippen LogP contribution in [0.3, 0.4) is 0 Å². The van der Waals surface area contributed by atoms with Gasteiger partial charge >= 0.3 is 12.3 Å². The van der Waals surface area contributed by atoms with E-state index in [-0.39, 0.29) is 36.3 Å². The lowest BCUT2D eigenvalue weighted by molar-refractivity contribution is -0.141. The third-order valence-electron chi connectivity index (χ3n) is 4.85. The molecule has 0 aliphatic carbocycles. The molecule has 0 aromatic carbocycles. The number of carbonyl (C=O) groups is 2. The molecular weight excluding hydrogens is 463 g/mol. The van der Waals surface area contributed by atoms with Gasteiger partial charge in [-0.2, -0.15) is 17.6 Å². The van der Waals surface area contributed by atoms with Crippen LogP contribution in [0.2, 0.25) is 0 Å². The number of nitrogens with zero attached hydrogens (tertiary/aromatic N) is 3. The summed E-state index contributed by atoms with van der Waals surface area (Å²) in [5.41, 5.74) is -1.51. The van der Waals surface area contributed by atoms with Gasteiger partial charge < -0.3 is 10.1 Å². The van der Waals surface area contributed by atoms with Crippen LogP contribution in [0, 0.1) is 5.95 Å². The van der Waals surface area contributed by atoms with Crippen molar-refractivity contribution in [2.75, 3.05) is 6.54 Å². The van der Waals surface area contributed by atoms with Crippen molar-refractivity contribution in [1.82, 2.24) is 20.2 Å². The maximum absolute atomic E-state index is 14.0. The highest BCUT2D eigenvalue weighted by molar-refractivity contribution is 5.86. The number of amides is 2. The summed E-state index contributed by atoms with van der Waals surface area (Å²) in [4.78, 5) is 33.0. The summed E-state index contributed by atoms with van der Waals surface area (Å²) < 4.78 is 71.4. The quantitative estimate of drug-likeness (QED) is 0.516. The molecule has 0 spiro atoms. The molecule has 2 aromatic rings. The first-order valence-corrected chi connectivity index (χ1v) is 10.3. The Balaban J connectivity index is 1.71. The van der Waals surface area contributed by atoms with Gasteiger partial charge in [0, 0.05) is 24.7 Å². The number of nitrogens with one attached hydrogen (secondary N) is 1. The van der Waals surface area contributed by atoms with Crippen molar-refractivity contribution in [3.8, 4) is 11.3 Å². The van der Waals surface area contributed by atoms with Crippen LogP contribution in [0.5, 0.6) is 0 Å². The lowest BCUT2D eigenvalue weighted by Crippen LogP contribution is -2.47. The summed E-state index contributed by atoms with van der Waals surface area (Å²) in [5.74, 6) is -1.57. The van der Waals surface area contributed by atoms with Crippen LogP contribution in [-0.2, 0) is 22.3 Å². The molecule has 1 N–H and O–H groups in total. The fourth-order valence-corrected chi connectivity index (χ4v) is 3.38. The van der Waals surface area contributed by atoms with Gasteiger partial charge in [0.2, 0.25) is 11.9 Å². The van der Waals surface area contributed by atoms with Crippen molar-refractivity contribution >= 4 is 12.0 Å². The number of ether oxygens (including phenoxy) is 1. The van der Waals surface area contributed by atoms with Gasteiger partial charge in [0.05, 0.1) is 12.2 Å². The number of rotatable bonds is 4. The monoisotopic (exact) mass is 486 g/mol. The van der Waals surface area contributed by atoms with Crippen LogP contribution in [0.25, 0.3) is 11.3 Å². The number of likely N-dealkylation sites (tertiary alicyclic amines) is 1. The molecule has 1 fully saturated rings. The van der Waals surface area contributed by atoms with Crippen molar-refractivity contribution in [3.63, 3.8) is 0 Å². The number of aromatic nitrogens is 2. The summed E-state index contributed by atoms with van der Waals surface area (Å²) in [6.45, 7) is 4.46. The van der Waals surface area contributed by atoms with Crippen LogP contribution in [-0.4, -0.2) is 51.2 Å². The zero-order valence-electron chi connectivity index (χ0n) is 18.6. The lowest BCUT2D eigenvalue weighted by Gasteiger charge is -2.27. The first-order chi connectivity index (χ1) is 15.7. The Morgan fingerprint density at radius 2 is 1.91 bits per heavy atom. The van der Waals surface area contributed by atoms with Crippen LogP contribution >= 0.6 is 0 Å². The van der Waals surface area contributed by atoms with Crippen molar-refractivity contribution in [2.24, 2.45) is 0 Å². The van der Waals surface area contributed by atoms with Crippen LogP contribution in [0.1, 0.15) is 38.4 Å². The smallest absolute Gasteiger partial charge is 0.433 e. The number of pyridine rings is 2. The largest absolute Gasteiger partial charge is 0.444 e. The SMILES string of the molecule is CC(C)(C)OC(=O)N1CC(F)CC1C(=O)NCc1cc(F)nc(-c2ccc(C(F)(F)F)nc2)c1. The number of carbonyl (C=O) groups excluding carboxylic acids is 2. The Kier molecular flexibility index (Phi) is 7.08. The average molecular weight is 486 g/mol. The van der Waals surface area contributed by atoms with Crippen molar-refractivity contribution < 1.29 is 36.3 Å². The van der Waals surface area contributed by atoms with Crippen LogP contribution in [0.15, 0.2) is 30.5 Å². The Morgan fingerprint density at radius 1 is 1.21 bits per heavy atom. The van der Waals surface area contributed by atoms with Gasteiger partial charge in [-0.25, -0.2) is 14.2 Å². The molecule has 2 aromatic heterocycles. The average Bonchev–Trinajstić information content (AvgIpc) is 3.12. The number of halogens is 5. The maximum Gasteiger partial charge on any atom is 0.433 e. The van der Waals surface area contributed by atoms with Gasteiger partial charge in [0.15, 0.2) is 0 Å².